The Labute approximate surface area is 166 Å². The van der Waals surface area contributed by atoms with Crippen molar-refractivity contribution in [3.05, 3.63) is 35.2 Å². The van der Waals surface area contributed by atoms with Crippen LogP contribution in [0.4, 0.5) is 0 Å². The normalized spacial score (nSPS) is 16.3. The molecule has 0 radical (unpaired) electrons. The molecule has 7 nitrogen and oxygen atoms in total. The van der Waals surface area contributed by atoms with Gasteiger partial charge in [0.2, 0.25) is 10.0 Å². The molecule has 0 N–H and O–H groups in total. The van der Waals surface area contributed by atoms with Gasteiger partial charge in [-0.3, -0.25) is 0 Å². The van der Waals surface area contributed by atoms with E-state index in [0.717, 1.165) is 37.2 Å². The second kappa shape index (κ2) is 8.53. The van der Waals surface area contributed by atoms with Crippen molar-refractivity contribution < 1.29 is 22.4 Å². The summed E-state index contributed by atoms with van der Waals surface area (Å²) in [4.78, 5) is 0.217. The first-order valence-electron chi connectivity index (χ1n) is 9.50. The van der Waals surface area contributed by atoms with Crippen molar-refractivity contribution in [2.45, 2.75) is 44.4 Å². The topological polar surface area (TPSA) is 81.9 Å². The number of hydrogen-bond acceptors (Lipinski definition) is 6. The summed E-state index contributed by atoms with van der Waals surface area (Å²) in [6.07, 6.45) is 3.62. The van der Waals surface area contributed by atoms with Gasteiger partial charge in [-0.2, -0.15) is 4.31 Å². The lowest BCUT2D eigenvalue weighted by Crippen LogP contribution is -2.38. The SMILES string of the molecule is COc1cc(CCC2CCN(S(=O)(=O)c3c(C)noc3C)CC2)cc(OC)c1. The minimum atomic E-state index is -3.54. The molecule has 28 heavy (non-hydrogen) atoms. The van der Waals surface area contributed by atoms with Crippen LogP contribution in [0.5, 0.6) is 11.5 Å². The molecule has 1 aliphatic rings. The summed E-state index contributed by atoms with van der Waals surface area (Å²) in [5.41, 5.74) is 1.59. The van der Waals surface area contributed by atoms with E-state index in [1.165, 1.54) is 5.56 Å². The van der Waals surface area contributed by atoms with Gasteiger partial charge in [0.15, 0.2) is 5.76 Å². The van der Waals surface area contributed by atoms with Crippen LogP contribution in [0.1, 0.15) is 36.3 Å². The molecular formula is C20H28N2O5S. The highest BCUT2D eigenvalue weighted by Gasteiger charge is 2.33. The van der Waals surface area contributed by atoms with E-state index in [-0.39, 0.29) is 4.90 Å². The van der Waals surface area contributed by atoms with Crippen molar-refractivity contribution >= 4 is 10.0 Å². The largest absolute Gasteiger partial charge is 0.497 e. The summed E-state index contributed by atoms with van der Waals surface area (Å²) in [5.74, 6) is 2.42. The molecule has 8 heteroatoms. The van der Waals surface area contributed by atoms with E-state index in [2.05, 4.69) is 5.16 Å². The van der Waals surface area contributed by atoms with Gasteiger partial charge < -0.3 is 14.0 Å². The predicted octanol–water partition coefficient (Wildman–Crippen LogP) is 3.34. The van der Waals surface area contributed by atoms with Gasteiger partial charge in [0.05, 0.1) is 14.2 Å². The zero-order valence-electron chi connectivity index (χ0n) is 16.9. The standard InChI is InChI=1S/C20H28N2O5S/c1-14-20(15(2)27-21-14)28(23,24)22-9-7-16(8-10-22)5-6-17-11-18(25-3)13-19(12-17)26-4/h11-13,16H,5-10H2,1-4H3. The molecule has 154 valence electrons. The number of methoxy groups -OCH3 is 2. The summed E-state index contributed by atoms with van der Waals surface area (Å²) in [6.45, 7) is 4.36. The van der Waals surface area contributed by atoms with Crippen LogP contribution >= 0.6 is 0 Å². The molecule has 2 aromatic rings. The Morgan fingerprint density at radius 3 is 2.21 bits per heavy atom. The summed E-state index contributed by atoms with van der Waals surface area (Å²) in [6, 6.07) is 5.92. The van der Waals surface area contributed by atoms with Gasteiger partial charge in [0.1, 0.15) is 22.1 Å². The fraction of sp³-hybridized carbons (Fsp3) is 0.550. The zero-order valence-corrected chi connectivity index (χ0v) is 17.7. The minimum absolute atomic E-state index is 0.217. The number of aryl methyl sites for hydroxylation is 3. The number of sulfonamides is 1. The third-order valence-corrected chi connectivity index (χ3v) is 7.54. The van der Waals surface area contributed by atoms with E-state index in [9.17, 15) is 8.42 Å². The molecule has 0 saturated carbocycles. The zero-order chi connectivity index (χ0) is 20.3. The Hall–Kier alpha value is -2.06. The number of ether oxygens (including phenoxy) is 2. The number of aromatic nitrogens is 1. The molecule has 1 fully saturated rings. The predicted molar refractivity (Wildman–Crippen MR) is 105 cm³/mol. The molecular weight excluding hydrogens is 380 g/mol. The van der Waals surface area contributed by atoms with Crippen LogP contribution in [0.25, 0.3) is 0 Å². The van der Waals surface area contributed by atoms with Crippen LogP contribution in [-0.2, 0) is 16.4 Å². The van der Waals surface area contributed by atoms with Gasteiger partial charge >= 0.3 is 0 Å². The summed E-state index contributed by atoms with van der Waals surface area (Å²) in [5, 5.41) is 3.78. The van der Waals surface area contributed by atoms with Crippen molar-refractivity contribution in [1.29, 1.82) is 0 Å². The fourth-order valence-electron chi connectivity index (χ4n) is 3.79. The Morgan fingerprint density at radius 1 is 1.11 bits per heavy atom. The lowest BCUT2D eigenvalue weighted by molar-refractivity contribution is 0.263. The first-order chi connectivity index (χ1) is 13.3. The molecule has 0 bridgehead atoms. The molecule has 1 aromatic heterocycles. The molecule has 0 atom stereocenters. The highest BCUT2D eigenvalue weighted by molar-refractivity contribution is 7.89. The second-order valence-corrected chi connectivity index (χ2v) is 9.14. The Kier molecular flexibility index (Phi) is 6.30. The Balaban J connectivity index is 1.59. The van der Waals surface area contributed by atoms with Gasteiger partial charge in [0.25, 0.3) is 0 Å². The second-order valence-electron chi connectivity index (χ2n) is 7.26. The fourth-order valence-corrected chi connectivity index (χ4v) is 5.55. The molecule has 0 aliphatic carbocycles. The van der Waals surface area contributed by atoms with Crippen molar-refractivity contribution in [3.8, 4) is 11.5 Å². The third-order valence-electron chi connectivity index (χ3n) is 5.39. The number of benzene rings is 1. The van der Waals surface area contributed by atoms with E-state index in [0.29, 0.717) is 30.5 Å². The van der Waals surface area contributed by atoms with Crippen LogP contribution < -0.4 is 9.47 Å². The summed E-state index contributed by atoms with van der Waals surface area (Å²) < 4.78 is 43.1. The van der Waals surface area contributed by atoms with E-state index in [1.54, 1.807) is 32.4 Å². The van der Waals surface area contributed by atoms with E-state index in [1.807, 2.05) is 18.2 Å². The maximum atomic E-state index is 12.9. The van der Waals surface area contributed by atoms with Crippen LogP contribution in [0.2, 0.25) is 0 Å². The van der Waals surface area contributed by atoms with Crippen molar-refractivity contribution in [2.75, 3.05) is 27.3 Å². The average molecular weight is 409 g/mol. The van der Waals surface area contributed by atoms with Crippen LogP contribution in [0.3, 0.4) is 0 Å². The van der Waals surface area contributed by atoms with Gasteiger partial charge in [-0.1, -0.05) is 5.16 Å². The molecule has 3 rings (SSSR count). The maximum absolute atomic E-state index is 12.9. The first-order valence-corrected chi connectivity index (χ1v) is 10.9. The van der Waals surface area contributed by atoms with Crippen molar-refractivity contribution in [3.63, 3.8) is 0 Å². The average Bonchev–Trinajstić information content (AvgIpc) is 3.05. The summed E-state index contributed by atoms with van der Waals surface area (Å²) >= 11 is 0. The van der Waals surface area contributed by atoms with Crippen molar-refractivity contribution in [1.82, 2.24) is 9.46 Å². The molecule has 0 spiro atoms. The first kappa shape index (κ1) is 20.7. The summed E-state index contributed by atoms with van der Waals surface area (Å²) in [7, 11) is -0.252. The molecule has 0 amide bonds. The quantitative estimate of drug-likeness (QED) is 0.699. The van der Waals surface area contributed by atoms with E-state index < -0.39 is 10.0 Å². The lowest BCUT2D eigenvalue weighted by atomic mass is 9.91. The number of piperidine rings is 1. The Morgan fingerprint density at radius 2 is 1.71 bits per heavy atom. The minimum Gasteiger partial charge on any atom is -0.497 e. The van der Waals surface area contributed by atoms with Crippen molar-refractivity contribution in [2.24, 2.45) is 5.92 Å². The molecule has 1 aromatic carbocycles. The highest BCUT2D eigenvalue weighted by Crippen LogP contribution is 2.30. The number of nitrogens with zero attached hydrogens (tertiary/aromatic N) is 2. The highest BCUT2D eigenvalue weighted by atomic mass is 32.2. The van der Waals surface area contributed by atoms with Crippen LogP contribution in [-0.4, -0.2) is 45.2 Å². The number of hydrogen-bond donors (Lipinski definition) is 0. The smallest absolute Gasteiger partial charge is 0.248 e. The van der Waals surface area contributed by atoms with Gasteiger partial charge in [0, 0.05) is 19.2 Å². The number of rotatable bonds is 7. The van der Waals surface area contributed by atoms with Gasteiger partial charge in [-0.15, -0.1) is 0 Å². The van der Waals surface area contributed by atoms with E-state index in [4.69, 9.17) is 14.0 Å². The van der Waals surface area contributed by atoms with Crippen LogP contribution in [0.15, 0.2) is 27.6 Å². The molecule has 2 heterocycles. The van der Waals surface area contributed by atoms with Gasteiger partial charge in [-0.25, -0.2) is 8.42 Å². The monoisotopic (exact) mass is 408 g/mol. The van der Waals surface area contributed by atoms with Crippen LogP contribution in [0, 0.1) is 19.8 Å². The molecule has 0 unspecified atom stereocenters. The maximum Gasteiger partial charge on any atom is 0.248 e. The Bertz CT molecular complexity index is 873. The lowest BCUT2D eigenvalue weighted by Gasteiger charge is -2.31. The molecule has 1 saturated heterocycles. The van der Waals surface area contributed by atoms with E-state index >= 15 is 0 Å². The third kappa shape index (κ3) is 4.33. The molecule has 1 aliphatic heterocycles. The van der Waals surface area contributed by atoms with Gasteiger partial charge in [-0.05, 0) is 63.1 Å².